The largest absolute Gasteiger partial charge is 0.480 e. The summed E-state index contributed by atoms with van der Waals surface area (Å²) in [5.74, 6) is -2.51. The van der Waals surface area contributed by atoms with Gasteiger partial charge in [0.2, 0.25) is 5.91 Å². The van der Waals surface area contributed by atoms with E-state index in [9.17, 15) is 19.2 Å². The molecule has 21 heavy (non-hydrogen) atoms. The number of carboxylic acid groups (broad SMARTS) is 2. The predicted molar refractivity (Wildman–Crippen MR) is 74.7 cm³/mol. The second kappa shape index (κ2) is 9.37. The quantitative estimate of drug-likeness (QED) is 0.482. The maximum atomic E-state index is 10.6. The molecule has 0 spiro atoms. The molecule has 0 radical (unpaired) electrons. The number of ether oxygens (including phenoxy) is 1. The summed E-state index contributed by atoms with van der Waals surface area (Å²) in [5, 5.41) is 17.9. The molecule has 0 bridgehead atoms. The molecule has 1 aromatic rings. The first-order valence-corrected chi connectivity index (χ1v) is 5.88. The van der Waals surface area contributed by atoms with Gasteiger partial charge in [-0.2, -0.15) is 0 Å². The molecule has 1 aromatic carbocycles. The second-order valence-electron chi connectivity index (χ2n) is 3.47. The van der Waals surface area contributed by atoms with Crippen LogP contribution in [0.2, 0.25) is 0 Å². The van der Waals surface area contributed by atoms with Crippen LogP contribution in [0.3, 0.4) is 0 Å². The van der Waals surface area contributed by atoms with Crippen LogP contribution in [0.5, 0.6) is 5.75 Å². The van der Waals surface area contributed by atoms with Gasteiger partial charge in [-0.05, 0) is 12.1 Å². The van der Waals surface area contributed by atoms with Crippen molar-refractivity contribution in [2.75, 3.05) is 6.54 Å². The summed E-state index contributed by atoms with van der Waals surface area (Å²) >= 11 is 3.37. The number of aromatic carboxylic acids is 1. The lowest BCUT2D eigenvalue weighted by atomic mass is 10.2. The highest BCUT2D eigenvalue weighted by atomic mass is 32.1. The Bertz CT molecular complexity index is 530. The Balaban J connectivity index is 0.000000433. The van der Waals surface area contributed by atoms with E-state index in [0.717, 1.165) is 0 Å². The molecular formula is C12H13NO7S. The Hall–Kier alpha value is -2.55. The summed E-state index contributed by atoms with van der Waals surface area (Å²) in [6, 6.07) is 5.84. The minimum atomic E-state index is -1.15. The number of hydrogen-bond acceptors (Lipinski definition) is 5. The van der Waals surface area contributed by atoms with Crippen molar-refractivity contribution in [3.63, 3.8) is 0 Å². The van der Waals surface area contributed by atoms with Crippen molar-refractivity contribution >= 4 is 35.8 Å². The van der Waals surface area contributed by atoms with E-state index < -0.39 is 17.2 Å². The lowest BCUT2D eigenvalue weighted by Crippen LogP contribution is -2.26. The molecule has 0 atom stereocenters. The zero-order chi connectivity index (χ0) is 16.4. The molecule has 0 fully saturated rings. The minimum absolute atomic E-state index is 0.00463. The number of rotatable bonds is 4. The van der Waals surface area contributed by atoms with Gasteiger partial charge in [0, 0.05) is 6.92 Å². The number of benzene rings is 1. The van der Waals surface area contributed by atoms with Crippen molar-refractivity contribution < 1.29 is 34.1 Å². The summed E-state index contributed by atoms with van der Waals surface area (Å²) in [5.41, 5.74) is -0.0649. The highest BCUT2D eigenvalue weighted by Gasteiger charge is 2.11. The second-order valence-corrected chi connectivity index (χ2v) is 3.84. The van der Waals surface area contributed by atoms with Crippen LogP contribution >= 0.6 is 12.6 Å². The third kappa shape index (κ3) is 9.05. The summed E-state index contributed by atoms with van der Waals surface area (Å²) in [7, 11) is 0. The van der Waals surface area contributed by atoms with E-state index >= 15 is 0 Å². The van der Waals surface area contributed by atoms with Gasteiger partial charge in [0.05, 0.1) is 0 Å². The predicted octanol–water partition coefficient (Wildman–Crippen LogP) is 1.02. The molecule has 1 rings (SSSR count). The third-order valence-corrected chi connectivity index (χ3v) is 1.89. The molecule has 0 aliphatic rings. The average molecular weight is 315 g/mol. The summed E-state index contributed by atoms with van der Waals surface area (Å²) in [6.45, 7) is 0.971. The first kappa shape index (κ1) is 18.4. The lowest BCUT2D eigenvalue weighted by molar-refractivity contribution is -0.137. The fourth-order valence-electron chi connectivity index (χ4n) is 1.03. The van der Waals surface area contributed by atoms with Crippen LogP contribution in [-0.4, -0.2) is 39.9 Å². The van der Waals surface area contributed by atoms with E-state index in [1.54, 1.807) is 12.1 Å². The van der Waals surface area contributed by atoms with Crippen LogP contribution in [0.25, 0.3) is 0 Å². The molecule has 0 saturated heterocycles. The SMILES string of the molecule is CC(=O)NCC(=O)O.O=C(S)Oc1ccccc1C(=O)O. The van der Waals surface area contributed by atoms with Crippen LogP contribution in [0.1, 0.15) is 17.3 Å². The maximum Gasteiger partial charge on any atom is 0.369 e. The number of aliphatic carboxylic acids is 1. The van der Waals surface area contributed by atoms with Crippen molar-refractivity contribution in [2.45, 2.75) is 6.92 Å². The van der Waals surface area contributed by atoms with Gasteiger partial charge in [-0.15, -0.1) is 0 Å². The number of carboxylic acids is 2. The van der Waals surface area contributed by atoms with E-state index in [2.05, 4.69) is 22.7 Å². The number of carbonyl (C=O) groups is 4. The average Bonchev–Trinajstić information content (AvgIpc) is 2.36. The molecular weight excluding hydrogens is 302 g/mol. The summed E-state index contributed by atoms with van der Waals surface area (Å²) in [6.07, 6.45) is 0. The first-order valence-electron chi connectivity index (χ1n) is 5.43. The molecule has 0 aromatic heterocycles. The Morgan fingerprint density at radius 3 is 2.14 bits per heavy atom. The first-order chi connectivity index (χ1) is 9.73. The molecule has 8 nitrogen and oxygen atoms in total. The molecule has 0 aliphatic carbocycles. The Labute approximate surface area is 125 Å². The standard InChI is InChI=1S/C8H6O4S.C4H7NO3/c9-7(10)5-3-1-2-4-6(5)12-8(11)13;1-3(6)5-2-4(7)8/h1-4H,(H,9,10)(H,11,13);2H2,1H3,(H,5,6)(H,7,8). The molecule has 3 N–H and O–H groups in total. The molecule has 0 heterocycles. The van der Waals surface area contributed by atoms with Crippen LogP contribution in [0.15, 0.2) is 24.3 Å². The molecule has 0 aliphatic heterocycles. The van der Waals surface area contributed by atoms with Crippen LogP contribution < -0.4 is 10.1 Å². The van der Waals surface area contributed by atoms with Crippen molar-refractivity contribution in [1.29, 1.82) is 0 Å². The highest BCUT2D eigenvalue weighted by molar-refractivity contribution is 7.96. The van der Waals surface area contributed by atoms with Crippen LogP contribution in [0, 0.1) is 0 Å². The number of para-hydroxylation sites is 1. The van der Waals surface area contributed by atoms with Gasteiger partial charge in [-0.25, -0.2) is 9.59 Å². The smallest absolute Gasteiger partial charge is 0.369 e. The molecule has 9 heteroatoms. The van der Waals surface area contributed by atoms with Gasteiger partial charge in [-0.3, -0.25) is 9.59 Å². The number of thiol groups is 1. The van der Waals surface area contributed by atoms with Gasteiger partial charge in [0.1, 0.15) is 17.9 Å². The molecule has 114 valence electrons. The number of carbonyl (C=O) groups excluding carboxylic acids is 2. The van der Waals surface area contributed by atoms with E-state index in [1.165, 1.54) is 19.1 Å². The third-order valence-electron chi connectivity index (χ3n) is 1.80. The minimum Gasteiger partial charge on any atom is -0.480 e. The van der Waals surface area contributed by atoms with E-state index in [-0.39, 0.29) is 23.8 Å². The van der Waals surface area contributed by atoms with E-state index in [0.29, 0.717) is 0 Å². The van der Waals surface area contributed by atoms with Gasteiger partial charge in [0.25, 0.3) is 0 Å². The van der Waals surface area contributed by atoms with Gasteiger partial charge in [0.15, 0.2) is 0 Å². The topological polar surface area (TPSA) is 130 Å². The van der Waals surface area contributed by atoms with E-state index in [1.807, 2.05) is 0 Å². The normalized spacial score (nSPS) is 8.86. The molecule has 0 unspecified atom stereocenters. The van der Waals surface area contributed by atoms with Crippen molar-refractivity contribution in [3.8, 4) is 5.75 Å². The Morgan fingerprint density at radius 2 is 1.76 bits per heavy atom. The Morgan fingerprint density at radius 1 is 1.19 bits per heavy atom. The molecule has 1 amide bonds. The maximum absolute atomic E-state index is 10.6. The number of hydrogen-bond donors (Lipinski definition) is 4. The summed E-state index contributed by atoms with van der Waals surface area (Å²) in [4.78, 5) is 40.7. The zero-order valence-corrected chi connectivity index (χ0v) is 11.8. The van der Waals surface area contributed by atoms with E-state index in [4.69, 9.17) is 10.2 Å². The fraction of sp³-hybridized carbons (Fsp3) is 0.167. The molecule has 0 saturated carbocycles. The Kier molecular flexibility index (Phi) is 8.23. The van der Waals surface area contributed by atoms with Gasteiger partial charge < -0.3 is 20.3 Å². The van der Waals surface area contributed by atoms with Crippen molar-refractivity contribution in [1.82, 2.24) is 5.32 Å². The van der Waals surface area contributed by atoms with Gasteiger partial charge >= 0.3 is 17.2 Å². The number of amides is 1. The van der Waals surface area contributed by atoms with Gasteiger partial charge in [-0.1, -0.05) is 24.8 Å². The highest BCUT2D eigenvalue weighted by Crippen LogP contribution is 2.18. The zero-order valence-electron chi connectivity index (χ0n) is 10.9. The van der Waals surface area contributed by atoms with Crippen LogP contribution in [0.4, 0.5) is 4.79 Å². The summed E-state index contributed by atoms with van der Waals surface area (Å²) < 4.78 is 4.55. The fourth-order valence-corrected chi connectivity index (χ4v) is 1.12. The monoisotopic (exact) mass is 315 g/mol. The van der Waals surface area contributed by atoms with Crippen LogP contribution in [-0.2, 0) is 9.59 Å². The van der Waals surface area contributed by atoms with Crippen molar-refractivity contribution in [2.24, 2.45) is 0 Å². The van der Waals surface area contributed by atoms with Crippen molar-refractivity contribution in [3.05, 3.63) is 29.8 Å². The number of nitrogens with one attached hydrogen (secondary N) is 1. The lowest BCUT2D eigenvalue weighted by Gasteiger charge is -2.03.